The number of Topliss-reactive ketones (excluding diaryl/α,β-unsaturated/α-hetero) is 2. The Morgan fingerprint density at radius 1 is 0.951 bits per heavy atom. The van der Waals surface area contributed by atoms with Gasteiger partial charge in [0.2, 0.25) is 23.3 Å². The number of ether oxygens (including phenoxy) is 1. The highest BCUT2D eigenvalue weighted by molar-refractivity contribution is 6.41. The Balaban J connectivity index is 0.00000840. The zero-order valence-corrected chi connectivity index (χ0v) is 22.1. The molecule has 0 spiro atoms. The standard InChI is InChI=1S/C27H28F4N2O7.CH4/c1-13(9-19(34)26(39)32-17-8-6-5-7-14(17)27(2,3)4)25(38)33-18(11-21(36)37)20(35)12-40-24-22(30)15(28)10-16(29)23(24)31;/h5-8,10,13,18H,9,11-12H2,1-4H3,(H,32,39)(H,33,38)(H,36,37);1H4/t13-,18+;/m1./s1. The van der Waals surface area contributed by atoms with Gasteiger partial charge in [-0.25, -0.2) is 8.78 Å². The molecule has 2 atom stereocenters. The molecule has 41 heavy (non-hydrogen) atoms. The van der Waals surface area contributed by atoms with Gasteiger partial charge in [0, 0.05) is 24.1 Å². The van der Waals surface area contributed by atoms with Crippen molar-refractivity contribution in [3.8, 4) is 5.75 Å². The highest BCUT2D eigenvalue weighted by Gasteiger charge is 2.30. The molecule has 2 rings (SSSR count). The molecule has 0 heterocycles. The summed E-state index contributed by atoms with van der Waals surface area (Å²) in [6, 6.07) is 4.98. The molecule has 9 nitrogen and oxygen atoms in total. The Morgan fingerprint density at radius 2 is 1.51 bits per heavy atom. The minimum absolute atomic E-state index is 0. The van der Waals surface area contributed by atoms with E-state index in [1.807, 2.05) is 20.8 Å². The van der Waals surface area contributed by atoms with Gasteiger partial charge in [-0.15, -0.1) is 0 Å². The second-order valence-electron chi connectivity index (χ2n) is 9.99. The van der Waals surface area contributed by atoms with Crippen molar-refractivity contribution >= 4 is 35.0 Å². The third kappa shape index (κ3) is 9.40. The maximum absolute atomic E-state index is 13.8. The molecule has 0 fully saturated rings. The van der Waals surface area contributed by atoms with Gasteiger partial charge < -0.3 is 20.5 Å². The van der Waals surface area contributed by atoms with Crippen LogP contribution in [0.4, 0.5) is 23.2 Å². The zero-order chi connectivity index (χ0) is 30.4. The van der Waals surface area contributed by atoms with E-state index in [9.17, 15) is 41.5 Å². The molecular weight excluding hydrogens is 552 g/mol. The van der Waals surface area contributed by atoms with Gasteiger partial charge >= 0.3 is 5.97 Å². The van der Waals surface area contributed by atoms with E-state index in [0.717, 1.165) is 5.56 Å². The number of carboxylic acids is 1. The number of hydrogen-bond donors (Lipinski definition) is 3. The Morgan fingerprint density at radius 3 is 2.05 bits per heavy atom. The Labute approximate surface area is 234 Å². The minimum Gasteiger partial charge on any atom is -0.481 e. The number of para-hydroxylation sites is 1. The number of rotatable bonds is 12. The first-order valence-corrected chi connectivity index (χ1v) is 12.0. The van der Waals surface area contributed by atoms with Crippen LogP contribution in [0.1, 0.15) is 53.5 Å². The van der Waals surface area contributed by atoms with Crippen LogP contribution in [0.3, 0.4) is 0 Å². The summed E-state index contributed by atoms with van der Waals surface area (Å²) in [7, 11) is 0. The first-order chi connectivity index (χ1) is 18.5. The number of ketones is 2. The highest BCUT2D eigenvalue weighted by atomic mass is 19.2. The maximum Gasteiger partial charge on any atom is 0.305 e. The molecule has 0 unspecified atom stereocenters. The van der Waals surface area contributed by atoms with Crippen molar-refractivity contribution in [3.05, 3.63) is 59.2 Å². The highest BCUT2D eigenvalue weighted by Crippen LogP contribution is 2.29. The van der Waals surface area contributed by atoms with E-state index in [2.05, 4.69) is 15.4 Å². The van der Waals surface area contributed by atoms with Gasteiger partial charge in [-0.1, -0.05) is 53.3 Å². The summed E-state index contributed by atoms with van der Waals surface area (Å²) in [5.41, 5.74) is 0.819. The number of benzene rings is 2. The lowest BCUT2D eigenvalue weighted by molar-refractivity contribution is -0.141. The summed E-state index contributed by atoms with van der Waals surface area (Å²) in [5.74, 6) is -15.8. The minimum atomic E-state index is -1.92. The molecule has 0 saturated carbocycles. The molecule has 3 N–H and O–H groups in total. The lowest BCUT2D eigenvalue weighted by Crippen LogP contribution is -2.46. The summed E-state index contributed by atoms with van der Waals surface area (Å²) < 4.78 is 58.8. The van der Waals surface area contributed by atoms with Crippen LogP contribution in [0, 0.1) is 29.2 Å². The van der Waals surface area contributed by atoms with E-state index in [0.29, 0.717) is 5.69 Å². The number of hydrogen-bond acceptors (Lipinski definition) is 6. The van der Waals surface area contributed by atoms with Crippen LogP contribution in [0.25, 0.3) is 0 Å². The van der Waals surface area contributed by atoms with Gasteiger partial charge in [-0.3, -0.25) is 24.0 Å². The smallest absolute Gasteiger partial charge is 0.305 e. The number of carbonyl (C=O) groups excluding carboxylic acids is 4. The van der Waals surface area contributed by atoms with Gasteiger partial charge in [-0.05, 0) is 17.0 Å². The lowest BCUT2D eigenvalue weighted by atomic mass is 9.86. The molecule has 0 bridgehead atoms. The number of carboxylic acid groups (broad SMARTS) is 1. The van der Waals surface area contributed by atoms with Gasteiger partial charge in [0.15, 0.2) is 23.2 Å². The number of carbonyl (C=O) groups is 5. The largest absolute Gasteiger partial charge is 0.481 e. The average Bonchev–Trinajstić information content (AvgIpc) is 2.86. The van der Waals surface area contributed by atoms with Crippen LogP contribution in [0.5, 0.6) is 5.75 Å². The number of anilines is 1. The number of halogens is 4. The van der Waals surface area contributed by atoms with Crippen molar-refractivity contribution in [2.24, 2.45) is 5.92 Å². The van der Waals surface area contributed by atoms with Crippen molar-refractivity contribution in [3.63, 3.8) is 0 Å². The Hall–Kier alpha value is -4.29. The third-order valence-corrected chi connectivity index (χ3v) is 5.69. The molecule has 2 aromatic carbocycles. The monoisotopic (exact) mass is 584 g/mol. The fraction of sp³-hybridized carbons (Fsp3) is 0.393. The van der Waals surface area contributed by atoms with Crippen LogP contribution in [0.15, 0.2) is 30.3 Å². The predicted molar refractivity (Wildman–Crippen MR) is 140 cm³/mol. The van der Waals surface area contributed by atoms with Gasteiger partial charge in [-0.2, -0.15) is 8.78 Å². The molecule has 0 aliphatic carbocycles. The second kappa shape index (κ2) is 14.4. The zero-order valence-electron chi connectivity index (χ0n) is 22.1. The molecule has 0 saturated heterocycles. The van der Waals surface area contributed by atoms with Crippen LogP contribution in [0.2, 0.25) is 0 Å². The van der Waals surface area contributed by atoms with Crippen LogP contribution in [-0.2, 0) is 29.4 Å². The predicted octanol–water partition coefficient (Wildman–Crippen LogP) is 4.32. The van der Waals surface area contributed by atoms with Gasteiger partial charge in [0.25, 0.3) is 5.91 Å². The second-order valence-corrected chi connectivity index (χ2v) is 9.99. The topological polar surface area (TPSA) is 139 Å². The first kappa shape index (κ1) is 34.7. The molecule has 224 valence electrons. The van der Waals surface area contributed by atoms with Crippen molar-refractivity contribution in [2.45, 2.75) is 59.4 Å². The lowest BCUT2D eigenvalue weighted by Gasteiger charge is -2.23. The quantitative estimate of drug-likeness (QED) is 0.192. The third-order valence-electron chi connectivity index (χ3n) is 5.69. The summed E-state index contributed by atoms with van der Waals surface area (Å²) in [6.07, 6.45) is -1.58. The molecule has 2 amide bonds. The van der Waals surface area contributed by atoms with Gasteiger partial charge in [0.05, 0.1) is 6.42 Å². The van der Waals surface area contributed by atoms with E-state index in [1.165, 1.54) is 6.92 Å². The fourth-order valence-electron chi connectivity index (χ4n) is 3.56. The summed E-state index contributed by atoms with van der Waals surface area (Å²) in [6.45, 7) is 5.74. The van der Waals surface area contributed by atoms with Crippen LogP contribution in [-0.4, -0.2) is 47.1 Å². The average molecular weight is 585 g/mol. The summed E-state index contributed by atoms with van der Waals surface area (Å²) >= 11 is 0. The maximum atomic E-state index is 13.8. The Kier molecular flexibility index (Phi) is 12.2. The van der Waals surface area contributed by atoms with Crippen molar-refractivity contribution in [1.82, 2.24) is 5.32 Å². The van der Waals surface area contributed by atoms with Crippen molar-refractivity contribution in [1.29, 1.82) is 0 Å². The van der Waals surface area contributed by atoms with E-state index < -0.39 is 89.8 Å². The molecule has 0 aromatic heterocycles. The molecule has 0 radical (unpaired) electrons. The summed E-state index contributed by atoms with van der Waals surface area (Å²) in [4.78, 5) is 61.3. The van der Waals surface area contributed by atoms with Crippen molar-refractivity contribution < 1.29 is 51.4 Å². The summed E-state index contributed by atoms with van der Waals surface area (Å²) in [5, 5.41) is 13.7. The van der Waals surface area contributed by atoms with E-state index >= 15 is 0 Å². The molecular formula is C28H32F4N2O7. The van der Waals surface area contributed by atoms with Crippen molar-refractivity contribution in [2.75, 3.05) is 11.9 Å². The van der Waals surface area contributed by atoms with Gasteiger partial charge in [0.1, 0.15) is 12.6 Å². The van der Waals surface area contributed by atoms with Crippen LogP contribution < -0.4 is 15.4 Å². The normalized spacial score (nSPS) is 12.4. The molecule has 0 aliphatic heterocycles. The van der Waals surface area contributed by atoms with Crippen LogP contribution >= 0.6 is 0 Å². The number of aliphatic carboxylic acids is 1. The fourth-order valence-corrected chi connectivity index (χ4v) is 3.56. The molecule has 0 aliphatic rings. The van der Waals surface area contributed by atoms with E-state index in [1.54, 1.807) is 24.3 Å². The molecule has 13 heteroatoms. The van der Waals surface area contributed by atoms with E-state index in [-0.39, 0.29) is 18.9 Å². The number of nitrogens with one attached hydrogen (secondary N) is 2. The first-order valence-electron chi connectivity index (χ1n) is 12.0. The van der Waals surface area contributed by atoms with E-state index in [4.69, 9.17) is 5.11 Å². The Bertz CT molecular complexity index is 1300. The number of amides is 2. The molecule has 2 aromatic rings. The SMILES string of the molecule is C.C[C@H](CC(=O)C(=O)Nc1ccccc1C(C)(C)C)C(=O)N[C@@H](CC(=O)O)C(=O)COc1c(F)c(F)cc(F)c1F.